The molecule has 3 rings (SSSR count). The number of alkyl halides is 1. The van der Waals surface area contributed by atoms with Crippen LogP contribution < -0.4 is 0 Å². The molecule has 0 amide bonds. The highest BCUT2D eigenvalue weighted by Crippen LogP contribution is 2.18. The normalized spacial score (nSPS) is 11.3. The van der Waals surface area contributed by atoms with Gasteiger partial charge in [0.2, 0.25) is 5.89 Å². The van der Waals surface area contributed by atoms with Crippen molar-refractivity contribution in [2.75, 3.05) is 0 Å². The molecule has 0 fully saturated rings. The van der Waals surface area contributed by atoms with Crippen molar-refractivity contribution >= 4 is 22.8 Å². The van der Waals surface area contributed by atoms with Crippen molar-refractivity contribution in [2.45, 2.75) is 32.7 Å². The van der Waals surface area contributed by atoms with Gasteiger partial charge >= 0.3 is 0 Å². The van der Waals surface area contributed by atoms with Gasteiger partial charge in [0, 0.05) is 12.1 Å². The zero-order valence-corrected chi connectivity index (χ0v) is 12.2. The number of oxazole rings is 1. The van der Waals surface area contributed by atoms with Crippen molar-refractivity contribution in [1.29, 1.82) is 0 Å². The minimum atomic E-state index is 0.330. The van der Waals surface area contributed by atoms with E-state index < -0.39 is 0 Å². The number of pyridine rings is 1. The maximum atomic E-state index is 5.98. The van der Waals surface area contributed by atoms with Gasteiger partial charge in [-0.3, -0.25) is 0 Å². The molecule has 20 heavy (non-hydrogen) atoms. The van der Waals surface area contributed by atoms with E-state index in [4.69, 9.17) is 16.0 Å². The summed E-state index contributed by atoms with van der Waals surface area (Å²) in [6.07, 6.45) is 2.59. The van der Waals surface area contributed by atoms with Crippen LogP contribution in [0.15, 0.2) is 22.7 Å². The maximum Gasteiger partial charge on any atom is 0.214 e. The van der Waals surface area contributed by atoms with E-state index >= 15 is 0 Å². The van der Waals surface area contributed by atoms with Crippen LogP contribution in [0.25, 0.3) is 11.2 Å². The summed E-state index contributed by atoms with van der Waals surface area (Å²) in [5.41, 5.74) is 2.60. The number of aromatic nitrogens is 4. The van der Waals surface area contributed by atoms with E-state index in [2.05, 4.69) is 15.0 Å². The molecule has 0 spiro atoms. The van der Waals surface area contributed by atoms with Gasteiger partial charge in [-0.25, -0.2) is 15.0 Å². The molecule has 0 aromatic carbocycles. The first kappa shape index (κ1) is 13.1. The van der Waals surface area contributed by atoms with E-state index in [-0.39, 0.29) is 0 Å². The Balaban J connectivity index is 2.06. The lowest BCUT2D eigenvalue weighted by atomic mass is 10.3. The Hall–Kier alpha value is -1.88. The lowest BCUT2D eigenvalue weighted by Crippen LogP contribution is -2.05. The first-order valence-corrected chi connectivity index (χ1v) is 7.07. The summed E-state index contributed by atoms with van der Waals surface area (Å²) in [5, 5.41) is 0. The Morgan fingerprint density at radius 3 is 2.85 bits per heavy atom. The molecular weight excluding hydrogens is 276 g/mol. The van der Waals surface area contributed by atoms with Gasteiger partial charge in [-0.1, -0.05) is 6.92 Å². The summed E-state index contributed by atoms with van der Waals surface area (Å²) in [7, 11) is 0. The Morgan fingerprint density at radius 1 is 1.30 bits per heavy atom. The Kier molecular flexibility index (Phi) is 3.44. The average molecular weight is 291 g/mol. The van der Waals surface area contributed by atoms with E-state index in [1.54, 1.807) is 6.20 Å². The predicted octanol–water partition coefficient (Wildman–Crippen LogP) is 3.08. The van der Waals surface area contributed by atoms with E-state index in [9.17, 15) is 0 Å². The van der Waals surface area contributed by atoms with Gasteiger partial charge < -0.3 is 8.98 Å². The monoisotopic (exact) mass is 290 g/mol. The summed E-state index contributed by atoms with van der Waals surface area (Å²) in [6.45, 7) is 4.48. The smallest absolute Gasteiger partial charge is 0.214 e. The molecule has 104 valence electrons. The van der Waals surface area contributed by atoms with Crippen LogP contribution in [0.4, 0.5) is 0 Å². The Labute approximate surface area is 121 Å². The minimum Gasteiger partial charge on any atom is -0.444 e. The van der Waals surface area contributed by atoms with Gasteiger partial charge in [-0.2, -0.15) is 0 Å². The highest BCUT2D eigenvalue weighted by Gasteiger charge is 2.14. The average Bonchev–Trinajstić information content (AvgIpc) is 3.04. The van der Waals surface area contributed by atoms with E-state index in [0.29, 0.717) is 18.3 Å². The van der Waals surface area contributed by atoms with Gasteiger partial charge in [0.1, 0.15) is 23.6 Å². The SMILES string of the molecule is CCc1cnc(Cn2c(CCl)nc3ccc(C)nc32)o1. The van der Waals surface area contributed by atoms with Crippen molar-refractivity contribution in [3.8, 4) is 0 Å². The van der Waals surface area contributed by atoms with Crippen molar-refractivity contribution in [3.05, 3.63) is 41.5 Å². The molecule has 5 nitrogen and oxygen atoms in total. The van der Waals surface area contributed by atoms with Gasteiger partial charge in [0.15, 0.2) is 5.65 Å². The highest BCUT2D eigenvalue weighted by atomic mass is 35.5. The molecule has 0 aliphatic carbocycles. The summed E-state index contributed by atoms with van der Waals surface area (Å²) >= 11 is 5.98. The molecular formula is C14H15ClN4O. The van der Waals surface area contributed by atoms with Crippen LogP contribution in [0, 0.1) is 6.92 Å². The standard InChI is InChI=1S/C14H15ClN4O/c1-3-10-7-16-13(20-10)8-19-12(6-15)18-11-5-4-9(2)17-14(11)19/h4-5,7H,3,6,8H2,1-2H3. The van der Waals surface area contributed by atoms with Gasteiger partial charge in [0.05, 0.1) is 12.1 Å². The van der Waals surface area contributed by atoms with Gasteiger partial charge in [0.25, 0.3) is 0 Å². The Bertz CT molecular complexity index is 747. The van der Waals surface area contributed by atoms with Gasteiger partial charge in [-0.15, -0.1) is 11.6 Å². The third-order valence-corrected chi connectivity index (χ3v) is 3.41. The number of rotatable bonds is 4. The maximum absolute atomic E-state index is 5.98. The topological polar surface area (TPSA) is 56.7 Å². The number of hydrogen-bond acceptors (Lipinski definition) is 4. The van der Waals surface area contributed by atoms with Crippen LogP contribution in [-0.2, 0) is 18.8 Å². The number of nitrogens with zero attached hydrogens (tertiary/aromatic N) is 4. The van der Waals surface area contributed by atoms with Crippen molar-refractivity contribution < 1.29 is 4.42 Å². The van der Waals surface area contributed by atoms with Crippen LogP contribution >= 0.6 is 11.6 Å². The van der Waals surface area contributed by atoms with Crippen LogP contribution in [0.1, 0.15) is 30.1 Å². The fourth-order valence-corrected chi connectivity index (χ4v) is 2.34. The number of aryl methyl sites for hydroxylation is 2. The van der Waals surface area contributed by atoms with Crippen LogP contribution in [0.3, 0.4) is 0 Å². The van der Waals surface area contributed by atoms with Crippen LogP contribution in [-0.4, -0.2) is 19.5 Å². The molecule has 0 N–H and O–H groups in total. The molecule has 0 radical (unpaired) electrons. The number of imidazole rings is 1. The second-order valence-corrected chi connectivity index (χ2v) is 4.88. The molecule has 0 aliphatic rings. The number of hydrogen-bond donors (Lipinski definition) is 0. The van der Waals surface area contributed by atoms with Crippen LogP contribution in [0.2, 0.25) is 0 Å². The fraction of sp³-hybridized carbons (Fsp3) is 0.357. The lowest BCUT2D eigenvalue weighted by molar-refractivity contribution is 0.446. The number of halogens is 1. The second kappa shape index (κ2) is 5.25. The molecule has 6 heteroatoms. The largest absolute Gasteiger partial charge is 0.444 e. The van der Waals surface area contributed by atoms with Crippen molar-refractivity contribution in [1.82, 2.24) is 19.5 Å². The summed E-state index contributed by atoms with van der Waals surface area (Å²) in [6, 6.07) is 3.90. The van der Waals surface area contributed by atoms with Crippen LogP contribution in [0.5, 0.6) is 0 Å². The van der Waals surface area contributed by atoms with E-state index in [1.165, 1.54) is 0 Å². The van der Waals surface area contributed by atoms with Crippen molar-refractivity contribution in [3.63, 3.8) is 0 Å². The third kappa shape index (κ3) is 2.29. The quantitative estimate of drug-likeness (QED) is 0.693. The zero-order chi connectivity index (χ0) is 14.1. The molecule has 3 aromatic rings. The molecule has 0 bridgehead atoms. The molecule has 0 saturated heterocycles. The van der Waals surface area contributed by atoms with Crippen molar-refractivity contribution in [2.24, 2.45) is 0 Å². The first-order chi connectivity index (χ1) is 9.71. The first-order valence-electron chi connectivity index (χ1n) is 6.53. The molecule has 0 aliphatic heterocycles. The fourth-order valence-electron chi connectivity index (χ4n) is 2.13. The molecule has 3 heterocycles. The van der Waals surface area contributed by atoms with Gasteiger partial charge in [-0.05, 0) is 19.1 Å². The third-order valence-electron chi connectivity index (χ3n) is 3.17. The minimum absolute atomic E-state index is 0.330. The number of fused-ring (bicyclic) bond motifs is 1. The zero-order valence-electron chi connectivity index (χ0n) is 11.4. The molecule has 3 aromatic heterocycles. The summed E-state index contributed by atoms with van der Waals surface area (Å²) < 4.78 is 7.61. The summed E-state index contributed by atoms with van der Waals surface area (Å²) in [5.74, 6) is 2.63. The Morgan fingerprint density at radius 2 is 2.15 bits per heavy atom. The predicted molar refractivity (Wildman–Crippen MR) is 76.8 cm³/mol. The summed E-state index contributed by atoms with van der Waals surface area (Å²) in [4.78, 5) is 13.3. The second-order valence-electron chi connectivity index (χ2n) is 4.62. The van der Waals surface area contributed by atoms with E-state index in [0.717, 1.165) is 34.9 Å². The van der Waals surface area contributed by atoms with E-state index in [1.807, 2.05) is 30.5 Å². The molecule has 0 unspecified atom stereocenters. The highest BCUT2D eigenvalue weighted by molar-refractivity contribution is 6.16. The lowest BCUT2D eigenvalue weighted by Gasteiger charge is -2.04. The molecule has 0 atom stereocenters. The molecule has 0 saturated carbocycles.